The first-order chi connectivity index (χ1) is 24.8. The van der Waals surface area contributed by atoms with Gasteiger partial charge < -0.3 is 8.83 Å². The topological polar surface area (TPSA) is 26.3 Å². The molecule has 2 aromatic heterocycles. The van der Waals surface area contributed by atoms with Crippen LogP contribution in [0.5, 0.6) is 0 Å². The fourth-order valence-electron chi connectivity index (χ4n) is 8.34. The van der Waals surface area contributed by atoms with Gasteiger partial charge in [0.1, 0.15) is 22.3 Å². The van der Waals surface area contributed by atoms with Gasteiger partial charge in [-0.2, -0.15) is 0 Å². The van der Waals surface area contributed by atoms with Crippen LogP contribution in [-0.4, -0.2) is 0 Å². The lowest BCUT2D eigenvalue weighted by Crippen LogP contribution is -1.92. The predicted octanol–water partition coefficient (Wildman–Crippen LogP) is 13.9. The van der Waals surface area contributed by atoms with Gasteiger partial charge in [0.05, 0.1) is 0 Å². The lowest BCUT2D eigenvalue weighted by atomic mass is 9.84. The second-order valence-corrected chi connectivity index (χ2v) is 13.1. The van der Waals surface area contributed by atoms with Gasteiger partial charge in [0.2, 0.25) is 0 Å². The molecule has 0 bridgehead atoms. The van der Waals surface area contributed by atoms with Crippen LogP contribution in [0.25, 0.3) is 110 Å². The highest BCUT2D eigenvalue weighted by molar-refractivity contribution is 6.25. The smallest absolute Gasteiger partial charge is 0.144 e. The van der Waals surface area contributed by atoms with Crippen molar-refractivity contribution in [2.75, 3.05) is 0 Å². The van der Waals surface area contributed by atoms with E-state index in [-0.39, 0.29) is 0 Å². The van der Waals surface area contributed by atoms with Crippen molar-refractivity contribution in [3.63, 3.8) is 0 Å². The van der Waals surface area contributed by atoms with Crippen LogP contribution < -0.4 is 0 Å². The standard InChI is InChI=1S/C48H28O2/c1-2-17-32-29(13-1)14-12-24-34(32)46-37-21-5-3-19-35(37)44(36-20-4-6-22-38(36)46)30-15-11-16-31(27-30)45-47-39-23-8-10-26-42(39)49-43(47)28-40-33-18-7-9-25-41(33)50-48(40)45/h1-28H. The van der Waals surface area contributed by atoms with E-state index in [1.165, 1.54) is 49.0 Å². The first kappa shape index (κ1) is 27.3. The summed E-state index contributed by atoms with van der Waals surface area (Å²) in [6.07, 6.45) is 0. The molecule has 0 amide bonds. The number of fused-ring (bicyclic) bond motifs is 9. The fraction of sp³-hybridized carbons (Fsp3) is 0. The Morgan fingerprint density at radius 1 is 0.300 bits per heavy atom. The maximum atomic E-state index is 6.71. The van der Waals surface area contributed by atoms with Gasteiger partial charge in [0, 0.05) is 27.1 Å². The van der Waals surface area contributed by atoms with Crippen LogP contribution in [0.3, 0.4) is 0 Å². The van der Waals surface area contributed by atoms with E-state index >= 15 is 0 Å². The van der Waals surface area contributed by atoms with Crippen LogP contribution in [0.1, 0.15) is 0 Å². The van der Waals surface area contributed by atoms with Crippen LogP contribution >= 0.6 is 0 Å². The lowest BCUT2D eigenvalue weighted by molar-refractivity contribution is 0.664. The quantitative estimate of drug-likeness (QED) is 0.180. The van der Waals surface area contributed by atoms with Crippen LogP contribution in [0.15, 0.2) is 179 Å². The minimum Gasteiger partial charge on any atom is -0.456 e. The Labute approximate surface area is 287 Å². The zero-order chi connectivity index (χ0) is 32.8. The van der Waals surface area contributed by atoms with Gasteiger partial charge in [0.15, 0.2) is 0 Å². The van der Waals surface area contributed by atoms with E-state index in [0.717, 1.165) is 60.6 Å². The average Bonchev–Trinajstić information content (AvgIpc) is 3.74. The minimum absolute atomic E-state index is 0.862. The second-order valence-electron chi connectivity index (χ2n) is 13.1. The maximum Gasteiger partial charge on any atom is 0.144 e. The third kappa shape index (κ3) is 3.85. The molecule has 0 radical (unpaired) electrons. The van der Waals surface area contributed by atoms with Crippen molar-refractivity contribution < 1.29 is 8.83 Å². The Morgan fingerprint density at radius 3 is 1.54 bits per heavy atom. The summed E-state index contributed by atoms with van der Waals surface area (Å²) >= 11 is 0. The molecule has 2 heteroatoms. The van der Waals surface area contributed by atoms with Crippen molar-refractivity contribution in [3.05, 3.63) is 170 Å². The molecule has 2 heterocycles. The van der Waals surface area contributed by atoms with Gasteiger partial charge in [-0.05, 0) is 84.4 Å². The van der Waals surface area contributed by atoms with Gasteiger partial charge in [-0.15, -0.1) is 0 Å². The van der Waals surface area contributed by atoms with E-state index in [0.29, 0.717) is 0 Å². The Balaban J connectivity index is 1.24. The molecule has 0 atom stereocenters. The van der Waals surface area contributed by atoms with Crippen molar-refractivity contribution in [1.82, 2.24) is 0 Å². The first-order valence-electron chi connectivity index (χ1n) is 17.1. The van der Waals surface area contributed by atoms with Crippen LogP contribution in [-0.2, 0) is 0 Å². The molecule has 0 aliphatic carbocycles. The van der Waals surface area contributed by atoms with E-state index in [2.05, 4.69) is 146 Å². The highest BCUT2D eigenvalue weighted by Gasteiger charge is 2.22. The van der Waals surface area contributed by atoms with Gasteiger partial charge in [-0.1, -0.05) is 146 Å². The summed E-state index contributed by atoms with van der Waals surface area (Å²) in [5, 5.41) is 11.7. The Hall–Kier alpha value is -6.64. The largest absolute Gasteiger partial charge is 0.456 e. The first-order valence-corrected chi connectivity index (χ1v) is 17.1. The van der Waals surface area contributed by atoms with Gasteiger partial charge in [-0.3, -0.25) is 0 Å². The Kier molecular flexibility index (Phi) is 5.70. The number of furan rings is 2. The summed E-state index contributed by atoms with van der Waals surface area (Å²) in [5.74, 6) is 0. The minimum atomic E-state index is 0.862. The lowest BCUT2D eigenvalue weighted by Gasteiger charge is -2.19. The molecule has 0 spiro atoms. The summed E-state index contributed by atoms with van der Waals surface area (Å²) in [6.45, 7) is 0. The van der Waals surface area contributed by atoms with Gasteiger partial charge >= 0.3 is 0 Å². The summed E-state index contributed by atoms with van der Waals surface area (Å²) in [5.41, 5.74) is 10.5. The van der Waals surface area contributed by atoms with Crippen LogP contribution in [0, 0.1) is 0 Å². The number of benzene rings is 9. The summed E-state index contributed by atoms with van der Waals surface area (Å²) in [4.78, 5) is 0. The van der Waals surface area contributed by atoms with Gasteiger partial charge in [-0.25, -0.2) is 0 Å². The molecule has 11 aromatic rings. The zero-order valence-electron chi connectivity index (χ0n) is 27.0. The molecule has 11 rings (SSSR count). The molecule has 9 aromatic carbocycles. The summed E-state index contributed by atoms with van der Waals surface area (Å²) in [7, 11) is 0. The molecule has 0 aliphatic rings. The number of hydrogen-bond donors (Lipinski definition) is 0. The average molecular weight is 637 g/mol. The van der Waals surface area contributed by atoms with Crippen molar-refractivity contribution in [3.8, 4) is 33.4 Å². The maximum absolute atomic E-state index is 6.71. The monoisotopic (exact) mass is 636 g/mol. The Bertz CT molecular complexity index is 3090. The van der Waals surface area contributed by atoms with Crippen LogP contribution in [0.4, 0.5) is 0 Å². The molecular weight excluding hydrogens is 609 g/mol. The van der Waals surface area contributed by atoms with Crippen LogP contribution in [0.2, 0.25) is 0 Å². The predicted molar refractivity (Wildman–Crippen MR) is 210 cm³/mol. The van der Waals surface area contributed by atoms with E-state index in [1.54, 1.807) is 0 Å². The summed E-state index contributed by atoms with van der Waals surface area (Å²) < 4.78 is 13.2. The highest BCUT2D eigenvalue weighted by Crippen LogP contribution is 2.48. The van der Waals surface area contributed by atoms with E-state index in [9.17, 15) is 0 Å². The fourth-order valence-corrected chi connectivity index (χ4v) is 8.34. The SMILES string of the molecule is c1cc(-c2c3ccccc3c(-c3cccc4ccccc34)c3ccccc23)cc(-c2c3oc4ccccc4c3cc3oc4ccccc4c23)c1. The van der Waals surface area contributed by atoms with Crippen molar-refractivity contribution in [1.29, 1.82) is 0 Å². The molecule has 0 fully saturated rings. The third-order valence-electron chi connectivity index (χ3n) is 10.4. The van der Waals surface area contributed by atoms with Gasteiger partial charge in [0.25, 0.3) is 0 Å². The molecule has 232 valence electrons. The van der Waals surface area contributed by atoms with E-state index < -0.39 is 0 Å². The normalized spacial score (nSPS) is 12.0. The van der Waals surface area contributed by atoms with Crippen molar-refractivity contribution >= 4 is 76.2 Å². The molecule has 0 saturated carbocycles. The number of para-hydroxylation sites is 2. The molecule has 0 aliphatic heterocycles. The van der Waals surface area contributed by atoms with Crippen molar-refractivity contribution in [2.24, 2.45) is 0 Å². The highest BCUT2D eigenvalue weighted by atomic mass is 16.3. The zero-order valence-corrected chi connectivity index (χ0v) is 27.0. The van der Waals surface area contributed by atoms with E-state index in [4.69, 9.17) is 8.83 Å². The molecule has 50 heavy (non-hydrogen) atoms. The number of rotatable bonds is 3. The Morgan fingerprint density at radius 2 is 0.820 bits per heavy atom. The molecular formula is C48H28O2. The molecule has 0 unspecified atom stereocenters. The van der Waals surface area contributed by atoms with E-state index in [1.807, 2.05) is 24.3 Å². The molecule has 0 N–H and O–H groups in total. The second kappa shape index (κ2) is 10.4. The van der Waals surface area contributed by atoms with Crippen molar-refractivity contribution in [2.45, 2.75) is 0 Å². The molecule has 2 nitrogen and oxygen atoms in total. The molecule has 0 saturated heterocycles. The number of hydrogen-bond acceptors (Lipinski definition) is 2. The summed E-state index contributed by atoms with van der Waals surface area (Å²) in [6, 6.07) is 60.8. The third-order valence-corrected chi connectivity index (χ3v) is 10.4.